The molecular formula is C15H16N2O3S. The van der Waals surface area contributed by atoms with Gasteiger partial charge in [-0.25, -0.2) is 4.79 Å². The van der Waals surface area contributed by atoms with Gasteiger partial charge in [0.15, 0.2) is 0 Å². The summed E-state index contributed by atoms with van der Waals surface area (Å²) in [6.07, 6.45) is 2.00. The molecule has 0 aliphatic carbocycles. The van der Waals surface area contributed by atoms with Gasteiger partial charge in [0.2, 0.25) is 5.91 Å². The van der Waals surface area contributed by atoms with E-state index in [1.54, 1.807) is 22.3 Å². The van der Waals surface area contributed by atoms with E-state index in [1.807, 2.05) is 18.4 Å². The van der Waals surface area contributed by atoms with Gasteiger partial charge >= 0.3 is 5.97 Å². The quantitative estimate of drug-likeness (QED) is 0.813. The number of nitrogens with zero attached hydrogens (tertiary/aromatic N) is 2. The van der Waals surface area contributed by atoms with Crippen LogP contribution < -0.4 is 0 Å². The highest BCUT2D eigenvalue weighted by Crippen LogP contribution is 2.21. The van der Waals surface area contributed by atoms with E-state index in [9.17, 15) is 9.59 Å². The predicted octanol–water partition coefficient (Wildman–Crippen LogP) is 2.32. The number of esters is 1. The smallest absolute Gasteiger partial charge is 0.339 e. The maximum absolute atomic E-state index is 12.0. The molecule has 2 aromatic heterocycles. The van der Waals surface area contributed by atoms with Gasteiger partial charge < -0.3 is 9.64 Å². The first kappa shape index (κ1) is 14.0. The highest BCUT2D eigenvalue weighted by molar-refractivity contribution is 7.17. The zero-order valence-corrected chi connectivity index (χ0v) is 12.6. The van der Waals surface area contributed by atoms with Gasteiger partial charge in [0.25, 0.3) is 0 Å². The minimum Gasteiger partial charge on any atom is -0.462 e. The minimum atomic E-state index is -0.375. The van der Waals surface area contributed by atoms with Crippen LogP contribution in [-0.4, -0.2) is 41.5 Å². The van der Waals surface area contributed by atoms with Crippen LogP contribution in [0.1, 0.15) is 23.7 Å². The van der Waals surface area contributed by atoms with Gasteiger partial charge in [0.05, 0.1) is 22.4 Å². The van der Waals surface area contributed by atoms with Crippen LogP contribution in [0.2, 0.25) is 0 Å². The largest absolute Gasteiger partial charge is 0.462 e. The Morgan fingerprint density at radius 3 is 3.19 bits per heavy atom. The second-order valence-corrected chi connectivity index (χ2v) is 6.08. The number of hydrogen-bond donors (Lipinski definition) is 0. The molecule has 0 aromatic carbocycles. The summed E-state index contributed by atoms with van der Waals surface area (Å²) in [5.41, 5.74) is 1.35. The van der Waals surface area contributed by atoms with Crippen LogP contribution >= 0.6 is 11.3 Å². The highest BCUT2D eigenvalue weighted by atomic mass is 32.1. The van der Waals surface area contributed by atoms with Crippen molar-refractivity contribution >= 4 is 33.4 Å². The molecule has 1 aliphatic heterocycles. The van der Waals surface area contributed by atoms with E-state index in [1.165, 1.54) is 6.20 Å². The number of likely N-dealkylation sites (tertiary alicyclic amines) is 1. The van der Waals surface area contributed by atoms with Gasteiger partial charge in [-0.1, -0.05) is 0 Å². The third-order valence-corrected chi connectivity index (χ3v) is 4.52. The molecule has 21 heavy (non-hydrogen) atoms. The molecule has 110 valence electrons. The molecule has 1 atom stereocenters. The van der Waals surface area contributed by atoms with Crippen LogP contribution in [0.25, 0.3) is 10.2 Å². The Morgan fingerprint density at radius 1 is 1.57 bits per heavy atom. The Labute approximate surface area is 126 Å². The molecule has 5 nitrogen and oxygen atoms in total. The maximum atomic E-state index is 12.0. The predicted molar refractivity (Wildman–Crippen MR) is 80.3 cm³/mol. The van der Waals surface area contributed by atoms with Crippen LogP contribution in [0.4, 0.5) is 0 Å². The SMILES string of the molecule is CCN1C[C@H](COC(=O)c2cnc3ccsc3c2)CC1=O. The van der Waals surface area contributed by atoms with Crippen molar-refractivity contribution in [2.75, 3.05) is 19.7 Å². The number of fused-ring (bicyclic) bond motifs is 1. The molecule has 1 aliphatic rings. The van der Waals surface area contributed by atoms with Crippen LogP contribution in [0.5, 0.6) is 0 Å². The Kier molecular flexibility index (Phi) is 3.88. The topological polar surface area (TPSA) is 59.5 Å². The first-order valence-electron chi connectivity index (χ1n) is 6.95. The molecule has 0 radical (unpaired) electrons. The molecule has 0 N–H and O–H groups in total. The second kappa shape index (κ2) is 5.81. The number of rotatable bonds is 4. The lowest BCUT2D eigenvalue weighted by molar-refractivity contribution is -0.127. The second-order valence-electron chi connectivity index (χ2n) is 5.13. The fraction of sp³-hybridized carbons (Fsp3) is 0.400. The number of hydrogen-bond acceptors (Lipinski definition) is 5. The summed E-state index contributed by atoms with van der Waals surface area (Å²) in [6, 6.07) is 3.71. The van der Waals surface area contributed by atoms with Gasteiger partial charge in [-0.3, -0.25) is 9.78 Å². The number of ether oxygens (including phenoxy) is 1. The van der Waals surface area contributed by atoms with Crippen molar-refractivity contribution in [1.29, 1.82) is 0 Å². The van der Waals surface area contributed by atoms with Crippen molar-refractivity contribution in [1.82, 2.24) is 9.88 Å². The van der Waals surface area contributed by atoms with Crippen molar-refractivity contribution < 1.29 is 14.3 Å². The van der Waals surface area contributed by atoms with Crippen molar-refractivity contribution in [3.8, 4) is 0 Å². The normalized spacial score (nSPS) is 18.4. The zero-order valence-electron chi connectivity index (χ0n) is 11.7. The lowest BCUT2D eigenvalue weighted by atomic mass is 10.1. The van der Waals surface area contributed by atoms with Gasteiger partial charge in [-0.05, 0) is 24.4 Å². The van der Waals surface area contributed by atoms with Crippen LogP contribution in [-0.2, 0) is 9.53 Å². The lowest BCUT2D eigenvalue weighted by Gasteiger charge is -2.13. The number of pyridine rings is 1. The first-order chi connectivity index (χ1) is 10.2. The fourth-order valence-electron chi connectivity index (χ4n) is 2.51. The molecule has 0 saturated carbocycles. The Bertz CT molecular complexity index is 682. The summed E-state index contributed by atoms with van der Waals surface area (Å²) in [5, 5.41) is 1.94. The third kappa shape index (κ3) is 2.90. The number of amides is 1. The summed E-state index contributed by atoms with van der Waals surface area (Å²) < 4.78 is 6.30. The zero-order chi connectivity index (χ0) is 14.8. The molecule has 2 aromatic rings. The van der Waals surface area contributed by atoms with Gasteiger partial charge in [-0.15, -0.1) is 11.3 Å². The fourth-order valence-corrected chi connectivity index (χ4v) is 3.29. The Balaban J connectivity index is 1.60. The minimum absolute atomic E-state index is 0.0971. The first-order valence-corrected chi connectivity index (χ1v) is 7.83. The molecule has 0 bridgehead atoms. The number of carbonyl (C=O) groups is 2. The molecule has 3 rings (SSSR count). The van der Waals surface area contributed by atoms with Crippen molar-refractivity contribution in [3.63, 3.8) is 0 Å². The van der Waals surface area contributed by atoms with Crippen molar-refractivity contribution in [3.05, 3.63) is 29.3 Å². The van der Waals surface area contributed by atoms with E-state index >= 15 is 0 Å². The van der Waals surface area contributed by atoms with Crippen LogP contribution in [0, 0.1) is 5.92 Å². The van der Waals surface area contributed by atoms with Crippen molar-refractivity contribution in [2.45, 2.75) is 13.3 Å². The lowest BCUT2D eigenvalue weighted by Crippen LogP contribution is -2.25. The van der Waals surface area contributed by atoms with E-state index in [-0.39, 0.29) is 24.4 Å². The highest BCUT2D eigenvalue weighted by Gasteiger charge is 2.29. The van der Waals surface area contributed by atoms with Gasteiger partial charge in [0.1, 0.15) is 0 Å². The van der Waals surface area contributed by atoms with Gasteiger partial charge in [0, 0.05) is 31.6 Å². The molecule has 1 amide bonds. The summed E-state index contributed by atoms with van der Waals surface area (Å²) in [6.45, 7) is 3.62. The number of aromatic nitrogens is 1. The third-order valence-electron chi connectivity index (χ3n) is 3.66. The standard InChI is InChI=1S/C15H16N2O3S/c1-2-17-8-10(5-14(17)18)9-20-15(19)11-6-13-12(16-7-11)3-4-21-13/h3-4,6-7,10H,2,5,8-9H2,1H3/t10-/m1/s1. The van der Waals surface area contributed by atoms with E-state index in [0.29, 0.717) is 25.1 Å². The molecule has 0 spiro atoms. The molecule has 0 unspecified atom stereocenters. The summed E-state index contributed by atoms with van der Waals surface area (Å²) in [5.74, 6) is -0.139. The van der Waals surface area contributed by atoms with E-state index in [2.05, 4.69) is 4.98 Å². The van der Waals surface area contributed by atoms with Gasteiger partial charge in [-0.2, -0.15) is 0 Å². The number of thiophene rings is 1. The average molecular weight is 304 g/mol. The molecule has 6 heteroatoms. The van der Waals surface area contributed by atoms with Crippen LogP contribution in [0.3, 0.4) is 0 Å². The Morgan fingerprint density at radius 2 is 2.43 bits per heavy atom. The van der Waals surface area contributed by atoms with E-state index in [4.69, 9.17) is 4.74 Å². The van der Waals surface area contributed by atoms with E-state index in [0.717, 1.165) is 10.2 Å². The van der Waals surface area contributed by atoms with Crippen LogP contribution in [0.15, 0.2) is 23.7 Å². The number of carbonyl (C=O) groups excluding carboxylic acids is 2. The Hall–Kier alpha value is -1.95. The van der Waals surface area contributed by atoms with Crippen molar-refractivity contribution in [2.24, 2.45) is 5.92 Å². The monoisotopic (exact) mass is 304 g/mol. The maximum Gasteiger partial charge on any atom is 0.339 e. The molecule has 1 fully saturated rings. The molecule has 1 saturated heterocycles. The molecular weight excluding hydrogens is 288 g/mol. The summed E-state index contributed by atoms with van der Waals surface area (Å²) in [7, 11) is 0. The summed E-state index contributed by atoms with van der Waals surface area (Å²) in [4.78, 5) is 29.7. The van der Waals surface area contributed by atoms with E-state index < -0.39 is 0 Å². The summed E-state index contributed by atoms with van der Waals surface area (Å²) >= 11 is 1.54. The average Bonchev–Trinajstić information content (AvgIpc) is 3.09. The molecule has 3 heterocycles.